The summed E-state index contributed by atoms with van der Waals surface area (Å²) in [7, 11) is 1.61. The Labute approximate surface area is 295 Å². The quantitative estimate of drug-likeness (QED) is 0.235. The summed E-state index contributed by atoms with van der Waals surface area (Å²) in [5.74, 6) is -2.38. The highest BCUT2D eigenvalue weighted by atomic mass is 16.8. The number of rotatable bonds is 6. The second-order valence-corrected chi connectivity index (χ2v) is 17.9. The zero-order chi connectivity index (χ0) is 35.6. The van der Waals surface area contributed by atoms with Gasteiger partial charge in [0, 0.05) is 43.3 Å². The second-order valence-electron chi connectivity index (χ2n) is 17.9. The van der Waals surface area contributed by atoms with Crippen LogP contribution in [0.2, 0.25) is 0 Å². The smallest absolute Gasteiger partial charge is 0.331 e. The molecule has 2 N–H and O–H groups in total. The van der Waals surface area contributed by atoms with Gasteiger partial charge in [-0.2, -0.15) is 0 Å². The molecule has 12 nitrogen and oxygen atoms in total. The lowest BCUT2D eigenvalue weighted by Gasteiger charge is -2.71. The topological polar surface area (TPSA) is 141 Å². The molecule has 4 aliphatic carbocycles. The fraction of sp³-hybridized carbons (Fsp3) is 0.921. The van der Waals surface area contributed by atoms with Gasteiger partial charge in [-0.15, -0.1) is 0 Å². The summed E-state index contributed by atoms with van der Waals surface area (Å²) in [6.45, 7) is 14.6. The van der Waals surface area contributed by atoms with Crippen LogP contribution in [0.15, 0.2) is 11.6 Å². The predicted octanol–water partition coefficient (Wildman–Crippen LogP) is 3.99. The molecular weight excluding hydrogens is 648 g/mol. The highest BCUT2D eigenvalue weighted by Crippen LogP contribution is 2.72. The van der Waals surface area contributed by atoms with Crippen LogP contribution < -0.4 is 0 Å². The van der Waals surface area contributed by atoms with E-state index in [0.717, 1.165) is 12.0 Å². The number of cyclic esters (lactones) is 1. The molecule has 0 aromatic heterocycles. The fourth-order valence-corrected chi connectivity index (χ4v) is 12.2. The van der Waals surface area contributed by atoms with Gasteiger partial charge in [-0.05, 0) is 84.1 Å². The lowest BCUT2D eigenvalue weighted by Crippen LogP contribution is -2.78. The maximum Gasteiger partial charge on any atom is 0.331 e. The average molecular weight is 707 g/mol. The maximum atomic E-state index is 13.2. The number of carbonyl (C=O) groups is 1. The Bertz CT molecular complexity index is 1380. The van der Waals surface area contributed by atoms with Gasteiger partial charge in [0.25, 0.3) is 0 Å². The van der Waals surface area contributed by atoms with E-state index >= 15 is 0 Å². The molecule has 7 fully saturated rings. The molecule has 50 heavy (non-hydrogen) atoms. The summed E-state index contributed by atoms with van der Waals surface area (Å²) in [4.78, 5) is 12.2. The van der Waals surface area contributed by atoms with E-state index in [-0.39, 0.29) is 74.1 Å². The Kier molecular flexibility index (Phi) is 8.53. The standard InChI is InChI=1S/C38H58O12/c1-20-21(2)46-32(31-30(20)49-34(5,6)50-31)47-23-14-27-37(18-45-33(3,4)48-27)29-25(9-11-36(37,40)15-23)38(41)12-10-24(22-13-28(39)43-17-22)35(38,7)16-26(29)44-19-42-8/h13,20-21,23-27,29-32,40-41H,9-12,14-19H2,1-8H3/t20-,21-,23-,24+,25?,26+,27+,29?,30+,31+,32-,35+,36-,37+,38-/m0/s1. The molecule has 4 aliphatic heterocycles. The summed E-state index contributed by atoms with van der Waals surface area (Å²) in [6, 6.07) is 0. The largest absolute Gasteiger partial charge is 0.458 e. The number of ether oxygens (including phenoxy) is 9. The van der Waals surface area contributed by atoms with Gasteiger partial charge in [-0.3, -0.25) is 0 Å². The van der Waals surface area contributed by atoms with Crippen molar-refractivity contribution < 1.29 is 57.6 Å². The first kappa shape index (κ1) is 35.8. The number of hydrogen-bond acceptors (Lipinski definition) is 12. The van der Waals surface area contributed by atoms with E-state index in [9.17, 15) is 15.0 Å². The van der Waals surface area contributed by atoms with Crippen LogP contribution in [0, 0.1) is 34.5 Å². The number of aliphatic hydroxyl groups is 2. The molecule has 1 spiro atoms. The third-order valence-corrected chi connectivity index (χ3v) is 14.6. The van der Waals surface area contributed by atoms with Crippen molar-refractivity contribution in [3.8, 4) is 0 Å². The summed E-state index contributed by atoms with van der Waals surface area (Å²) < 4.78 is 56.8. The van der Waals surface area contributed by atoms with Crippen molar-refractivity contribution in [2.24, 2.45) is 34.5 Å². The average Bonchev–Trinajstić information content (AvgIpc) is 3.69. The molecule has 3 saturated heterocycles. The minimum absolute atomic E-state index is 0.0271. The molecule has 0 bridgehead atoms. The zero-order valence-corrected chi connectivity index (χ0v) is 31.0. The molecule has 0 amide bonds. The van der Waals surface area contributed by atoms with E-state index in [1.807, 2.05) is 34.6 Å². The van der Waals surface area contributed by atoms with Gasteiger partial charge in [0.05, 0.1) is 53.7 Å². The van der Waals surface area contributed by atoms with Crippen molar-refractivity contribution in [3.63, 3.8) is 0 Å². The molecule has 12 heteroatoms. The monoisotopic (exact) mass is 706 g/mol. The first-order valence-electron chi connectivity index (χ1n) is 18.9. The van der Waals surface area contributed by atoms with Gasteiger partial charge >= 0.3 is 5.97 Å². The molecule has 2 unspecified atom stereocenters. The minimum atomic E-state index is -1.25. The van der Waals surface area contributed by atoms with Crippen molar-refractivity contribution in [1.82, 2.24) is 0 Å². The Balaban J connectivity index is 1.15. The van der Waals surface area contributed by atoms with Crippen molar-refractivity contribution in [1.29, 1.82) is 0 Å². The van der Waals surface area contributed by atoms with Crippen LogP contribution in [0.4, 0.5) is 0 Å². The lowest BCUT2D eigenvalue weighted by atomic mass is 9.40. The van der Waals surface area contributed by atoms with E-state index in [0.29, 0.717) is 38.5 Å². The molecule has 4 heterocycles. The molecule has 0 aromatic carbocycles. The Hall–Kier alpha value is -1.19. The first-order chi connectivity index (χ1) is 23.5. The first-order valence-corrected chi connectivity index (χ1v) is 18.9. The summed E-state index contributed by atoms with van der Waals surface area (Å²) >= 11 is 0. The van der Waals surface area contributed by atoms with Gasteiger partial charge in [-0.25, -0.2) is 4.79 Å². The summed E-state index contributed by atoms with van der Waals surface area (Å²) in [5, 5.41) is 26.2. The number of carbonyl (C=O) groups excluding carboxylic acids is 1. The lowest BCUT2D eigenvalue weighted by molar-refractivity contribution is -0.409. The minimum Gasteiger partial charge on any atom is -0.458 e. The van der Waals surface area contributed by atoms with Crippen LogP contribution in [0.5, 0.6) is 0 Å². The summed E-state index contributed by atoms with van der Waals surface area (Å²) in [5.41, 5.74) is -2.84. The third kappa shape index (κ3) is 5.17. The van der Waals surface area contributed by atoms with Crippen LogP contribution in [0.25, 0.3) is 0 Å². The predicted molar refractivity (Wildman–Crippen MR) is 176 cm³/mol. The van der Waals surface area contributed by atoms with Gasteiger partial charge < -0.3 is 52.8 Å². The normalized spacial score (nSPS) is 53.4. The number of fused-ring (bicyclic) bond motifs is 4. The molecule has 0 aromatic rings. The van der Waals surface area contributed by atoms with Gasteiger partial charge in [0.15, 0.2) is 17.9 Å². The molecular formula is C38H58O12. The molecule has 0 radical (unpaired) electrons. The van der Waals surface area contributed by atoms with Crippen molar-refractivity contribution in [2.45, 2.75) is 159 Å². The Morgan fingerprint density at radius 3 is 2.44 bits per heavy atom. The van der Waals surface area contributed by atoms with Crippen molar-refractivity contribution in [3.05, 3.63) is 11.6 Å². The summed E-state index contributed by atoms with van der Waals surface area (Å²) in [6.07, 6.45) is 2.81. The van der Waals surface area contributed by atoms with E-state index in [2.05, 4.69) is 13.8 Å². The van der Waals surface area contributed by atoms with Crippen LogP contribution in [0.3, 0.4) is 0 Å². The third-order valence-electron chi connectivity index (χ3n) is 14.6. The van der Waals surface area contributed by atoms with Crippen LogP contribution in [0.1, 0.15) is 93.4 Å². The number of esters is 1. The van der Waals surface area contributed by atoms with E-state index in [1.54, 1.807) is 13.2 Å². The van der Waals surface area contributed by atoms with Crippen LogP contribution in [-0.2, 0) is 47.4 Å². The van der Waals surface area contributed by atoms with Crippen LogP contribution >= 0.6 is 0 Å². The molecule has 8 aliphatic rings. The van der Waals surface area contributed by atoms with Crippen molar-refractivity contribution >= 4 is 5.97 Å². The van der Waals surface area contributed by atoms with Crippen molar-refractivity contribution in [2.75, 3.05) is 27.1 Å². The highest BCUT2D eigenvalue weighted by molar-refractivity contribution is 5.85. The maximum absolute atomic E-state index is 13.2. The highest BCUT2D eigenvalue weighted by Gasteiger charge is 2.77. The number of methoxy groups -OCH3 is 1. The second kappa shape index (κ2) is 11.9. The number of hydrogen-bond donors (Lipinski definition) is 2. The molecule has 4 saturated carbocycles. The van der Waals surface area contributed by atoms with E-state index in [1.165, 1.54) is 0 Å². The SMILES string of the molecule is COCO[C@@H]1C[C@]2(C)[C@@H](C3=CC(=O)OC3)CC[C@]2(O)C2CC[C@]3(O)C[C@@H](O[C@@H]4O[C@@H](C)[C@H](C)[C@H]5OC(C)(C)O[C@@H]45)C[C@H]4OC(C)(C)OC[C@]43C21. The van der Waals surface area contributed by atoms with E-state index in [4.69, 9.17) is 42.6 Å². The molecule has 282 valence electrons. The van der Waals surface area contributed by atoms with E-state index < -0.39 is 52.1 Å². The zero-order valence-electron chi connectivity index (χ0n) is 31.0. The molecule has 15 atom stereocenters. The van der Waals surface area contributed by atoms with Gasteiger partial charge in [0.2, 0.25) is 0 Å². The Morgan fingerprint density at radius 1 is 0.960 bits per heavy atom. The van der Waals surface area contributed by atoms with Gasteiger partial charge in [-0.1, -0.05) is 13.8 Å². The van der Waals surface area contributed by atoms with Gasteiger partial charge in [0.1, 0.15) is 19.5 Å². The Morgan fingerprint density at radius 2 is 1.72 bits per heavy atom. The fourth-order valence-electron chi connectivity index (χ4n) is 12.2. The van der Waals surface area contributed by atoms with Crippen LogP contribution in [-0.4, -0.2) is 109 Å². The molecule has 8 rings (SSSR count).